The zero-order chi connectivity index (χ0) is 20.5. The van der Waals surface area contributed by atoms with Gasteiger partial charge in [0.1, 0.15) is 12.4 Å². The molecule has 2 aliphatic rings. The number of hydrogen-bond acceptors (Lipinski definition) is 6. The minimum atomic E-state index is -0.229. The number of nitrogens with one attached hydrogen (secondary N) is 2. The number of amides is 1. The zero-order valence-electron chi connectivity index (χ0n) is 17.1. The Bertz CT molecular complexity index is 704. The van der Waals surface area contributed by atoms with E-state index >= 15 is 0 Å². The van der Waals surface area contributed by atoms with Gasteiger partial charge in [-0.15, -0.1) is 0 Å². The van der Waals surface area contributed by atoms with Gasteiger partial charge < -0.3 is 34.5 Å². The van der Waals surface area contributed by atoms with Crippen LogP contribution in [0.4, 0.5) is 4.79 Å². The van der Waals surface area contributed by atoms with Crippen molar-refractivity contribution in [3.63, 3.8) is 0 Å². The van der Waals surface area contributed by atoms with Crippen LogP contribution in [0.3, 0.4) is 0 Å². The van der Waals surface area contributed by atoms with Crippen LogP contribution in [0.1, 0.15) is 26.7 Å². The lowest BCUT2D eigenvalue weighted by atomic mass is 10.1. The Morgan fingerprint density at radius 1 is 1.24 bits per heavy atom. The van der Waals surface area contributed by atoms with E-state index in [2.05, 4.69) is 15.6 Å². The van der Waals surface area contributed by atoms with E-state index in [1.165, 1.54) is 0 Å². The average Bonchev–Trinajstić information content (AvgIpc) is 3.20. The predicted octanol–water partition coefficient (Wildman–Crippen LogP) is 1.97. The number of carbonyl (C=O) groups is 1. The molecule has 2 N–H and O–H groups in total. The number of benzene rings is 1. The van der Waals surface area contributed by atoms with Crippen LogP contribution in [-0.2, 0) is 4.74 Å². The van der Waals surface area contributed by atoms with Crippen molar-refractivity contribution < 1.29 is 23.7 Å². The summed E-state index contributed by atoms with van der Waals surface area (Å²) in [7, 11) is 0. The fourth-order valence-electron chi connectivity index (χ4n) is 3.22. The van der Waals surface area contributed by atoms with Gasteiger partial charge in [0.25, 0.3) is 0 Å². The van der Waals surface area contributed by atoms with E-state index in [0.717, 1.165) is 36.8 Å². The molecule has 0 spiro atoms. The van der Waals surface area contributed by atoms with Crippen LogP contribution in [0.5, 0.6) is 17.2 Å². The molecule has 0 unspecified atom stereocenters. The number of likely N-dealkylation sites (tertiary alicyclic amines) is 1. The molecule has 1 fully saturated rings. The number of fused-ring (bicyclic) bond motifs is 1. The third kappa shape index (κ3) is 6.07. The first kappa shape index (κ1) is 20.9. The van der Waals surface area contributed by atoms with Crippen molar-refractivity contribution in [1.29, 1.82) is 0 Å². The lowest BCUT2D eigenvalue weighted by molar-refractivity contribution is 0.0963. The second-order valence-electron chi connectivity index (χ2n) is 6.73. The van der Waals surface area contributed by atoms with Crippen LogP contribution < -0.4 is 24.8 Å². The summed E-state index contributed by atoms with van der Waals surface area (Å²) in [6, 6.07) is 5.80. The Balaban J connectivity index is 1.42. The topological polar surface area (TPSA) is 93.7 Å². The molecule has 0 aliphatic carbocycles. The molecular weight excluding hydrogens is 376 g/mol. The summed E-state index contributed by atoms with van der Waals surface area (Å²) >= 11 is 0. The third-order valence-corrected chi connectivity index (χ3v) is 4.68. The minimum absolute atomic E-state index is 0.229. The molecule has 1 aromatic rings. The lowest BCUT2D eigenvalue weighted by Crippen LogP contribution is -2.50. The highest BCUT2D eigenvalue weighted by molar-refractivity contribution is 5.80. The highest BCUT2D eigenvalue weighted by Gasteiger charge is 2.24. The van der Waals surface area contributed by atoms with Gasteiger partial charge in [-0.25, -0.2) is 9.79 Å². The molecule has 3 rings (SSSR count). The Labute approximate surface area is 171 Å². The molecule has 29 heavy (non-hydrogen) atoms. The van der Waals surface area contributed by atoms with Crippen molar-refractivity contribution in [1.82, 2.24) is 15.5 Å². The summed E-state index contributed by atoms with van der Waals surface area (Å²) < 4.78 is 21.5. The van der Waals surface area contributed by atoms with E-state index in [4.69, 9.17) is 18.9 Å². The molecule has 9 nitrogen and oxygen atoms in total. The Hall–Kier alpha value is -2.84. The first-order valence-corrected chi connectivity index (χ1v) is 10.2. The molecule has 0 atom stereocenters. The molecular formula is C20H30N4O5. The molecule has 1 amide bonds. The van der Waals surface area contributed by atoms with E-state index < -0.39 is 0 Å². The zero-order valence-corrected chi connectivity index (χ0v) is 17.1. The maximum absolute atomic E-state index is 11.8. The highest BCUT2D eigenvalue weighted by atomic mass is 16.7. The number of carbonyl (C=O) groups excluding carboxylic acids is 1. The SMILES string of the molecule is CCNC(=NCCOc1ccc2c(c1)OCO2)NC1CCN(C(=O)OCC)CC1. The van der Waals surface area contributed by atoms with Crippen LogP contribution in [0.25, 0.3) is 0 Å². The number of hydrogen-bond donors (Lipinski definition) is 2. The molecule has 0 saturated carbocycles. The fraction of sp³-hybridized carbons (Fsp3) is 0.600. The number of aliphatic imine (C=N–C) groups is 1. The molecule has 1 saturated heterocycles. The van der Waals surface area contributed by atoms with Crippen molar-refractivity contribution in [2.24, 2.45) is 4.99 Å². The van der Waals surface area contributed by atoms with Gasteiger partial charge in [0.2, 0.25) is 6.79 Å². The lowest BCUT2D eigenvalue weighted by Gasteiger charge is -2.32. The number of piperidine rings is 1. The molecule has 160 valence electrons. The van der Waals surface area contributed by atoms with E-state index in [1.54, 1.807) is 4.90 Å². The Morgan fingerprint density at radius 3 is 2.79 bits per heavy atom. The maximum Gasteiger partial charge on any atom is 0.409 e. The van der Waals surface area contributed by atoms with Crippen LogP contribution >= 0.6 is 0 Å². The summed E-state index contributed by atoms with van der Waals surface area (Å²) in [6.07, 6.45) is 1.49. The molecule has 0 bridgehead atoms. The van der Waals surface area contributed by atoms with E-state index in [1.807, 2.05) is 32.0 Å². The van der Waals surface area contributed by atoms with Gasteiger partial charge in [-0.2, -0.15) is 0 Å². The van der Waals surface area contributed by atoms with Gasteiger partial charge in [-0.3, -0.25) is 0 Å². The smallest absolute Gasteiger partial charge is 0.409 e. The summed E-state index contributed by atoms with van der Waals surface area (Å²) in [5.74, 6) is 2.93. The van der Waals surface area contributed by atoms with Gasteiger partial charge in [-0.1, -0.05) is 0 Å². The molecule has 0 radical (unpaired) electrons. The average molecular weight is 406 g/mol. The minimum Gasteiger partial charge on any atom is -0.492 e. The predicted molar refractivity (Wildman–Crippen MR) is 109 cm³/mol. The standard InChI is InChI=1S/C20H30N4O5/c1-3-21-19(23-15-7-10-24(11-8-15)20(25)26-4-2)22-9-12-27-16-5-6-17-18(13-16)29-14-28-17/h5-6,13,15H,3-4,7-12,14H2,1-2H3,(H2,21,22,23). The van der Waals surface area contributed by atoms with Crippen molar-refractivity contribution in [3.05, 3.63) is 18.2 Å². The number of nitrogens with zero attached hydrogens (tertiary/aromatic N) is 2. The molecule has 0 aromatic heterocycles. The van der Waals surface area contributed by atoms with E-state index in [0.29, 0.717) is 38.6 Å². The van der Waals surface area contributed by atoms with Gasteiger partial charge >= 0.3 is 6.09 Å². The van der Waals surface area contributed by atoms with Crippen LogP contribution in [-0.4, -0.2) is 69.2 Å². The van der Waals surface area contributed by atoms with Crippen molar-refractivity contribution in [2.45, 2.75) is 32.7 Å². The highest BCUT2D eigenvalue weighted by Crippen LogP contribution is 2.34. The molecule has 2 heterocycles. The van der Waals surface area contributed by atoms with E-state index in [9.17, 15) is 4.79 Å². The number of rotatable bonds is 7. The third-order valence-electron chi connectivity index (χ3n) is 4.68. The summed E-state index contributed by atoms with van der Waals surface area (Å²) in [4.78, 5) is 18.1. The number of guanidine groups is 1. The van der Waals surface area contributed by atoms with Crippen molar-refractivity contribution in [2.75, 3.05) is 46.2 Å². The number of ether oxygens (including phenoxy) is 4. The normalized spacial score (nSPS) is 16.5. The van der Waals surface area contributed by atoms with Crippen molar-refractivity contribution in [3.8, 4) is 17.2 Å². The van der Waals surface area contributed by atoms with Crippen LogP contribution in [0.2, 0.25) is 0 Å². The summed E-state index contributed by atoms with van der Waals surface area (Å²) in [6.45, 7) is 7.62. The van der Waals surface area contributed by atoms with Crippen molar-refractivity contribution >= 4 is 12.1 Å². The molecule has 1 aromatic carbocycles. The summed E-state index contributed by atoms with van der Waals surface area (Å²) in [5.41, 5.74) is 0. The first-order chi connectivity index (χ1) is 14.2. The van der Waals surface area contributed by atoms with Crippen LogP contribution in [0.15, 0.2) is 23.2 Å². The Morgan fingerprint density at radius 2 is 2.03 bits per heavy atom. The molecule has 9 heteroatoms. The largest absolute Gasteiger partial charge is 0.492 e. The summed E-state index contributed by atoms with van der Waals surface area (Å²) in [5, 5.41) is 6.71. The second-order valence-corrected chi connectivity index (χ2v) is 6.73. The van der Waals surface area contributed by atoms with Crippen LogP contribution in [0, 0.1) is 0 Å². The van der Waals surface area contributed by atoms with E-state index in [-0.39, 0.29) is 18.9 Å². The van der Waals surface area contributed by atoms with Gasteiger partial charge in [0.05, 0.1) is 13.2 Å². The first-order valence-electron chi connectivity index (χ1n) is 10.2. The van der Waals surface area contributed by atoms with Gasteiger partial charge in [-0.05, 0) is 38.8 Å². The monoisotopic (exact) mass is 406 g/mol. The second kappa shape index (κ2) is 10.6. The van der Waals surface area contributed by atoms with Gasteiger partial charge in [0, 0.05) is 31.7 Å². The van der Waals surface area contributed by atoms with Gasteiger partial charge in [0.15, 0.2) is 17.5 Å². The maximum atomic E-state index is 11.8. The quantitative estimate of drug-likeness (QED) is 0.406. The Kier molecular flexibility index (Phi) is 7.66. The molecule has 2 aliphatic heterocycles. The fourth-order valence-corrected chi connectivity index (χ4v) is 3.22.